The van der Waals surface area contributed by atoms with Crippen molar-refractivity contribution in [3.63, 3.8) is 0 Å². The Bertz CT molecular complexity index is 225. The van der Waals surface area contributed by atoms with Crippen LogP contribution in [0.15, 0.2) is 12.3 Å². The lowest BCUT2D eigenvalue weighted by molar-refractivity contribution is -0.814. The van der Waals surface area contributed by atoms with E-state index in [9.17, 15) is 20.2 Å². The number of hydrazine groups is 3. The smallest absolute Gasteiger partial charge is 0.190 e. The molecule has 0 aliphatic carbocycles. The molecule has 1 heterocycles. The summed E-state index contributed by atoms with van der Waals surface area (Å²) in [5.74, 6) is 0. The standard InChI is InChI=1S/C3H4N4O4/c8-6(9)4-2-1-3-5(4)7(10)11/h1-2H,3H2. The van der Waals surface area contributed by atoms with Gasteiger partial charge in [0.15, 0.2) is 10.1 Å². The number of hydrogen-bond donors (Lipinski definition) is 0. The van der Waals surface area contributed by atoms with Crippen molar-refractivity contribution in [2.75, 3.05) is 6.54 Å². The quantitative estimate of drug-likeness (QED) is 0.396. The normalized spacial score (nSPS) is 15.6. The molecule has 0 aromatic carbocycles. The lowest BCUT2D eigenvalue weighted by Crippen LogP contribution is -2.42. The van der Waals surface area contributed by atoms with Crippen LogP contribution in [0.3, 0.4) is 0 Å². The van der Waals surface area contributed by atoms with Crippen molar-refractivity contribution in [3.8, 4) is 0 Å². The van der Waals surface area contributed by atoms with Gasteiger partial charge in [-0.25, -0.2) is 20.2 Å². The SMILES string of the molecule is O=[N+]([O-])N1C=CCN1[N+](=O)[O-]. The Kier molecular flexibility index (Phi) is 1.58. The topological polar surface area (TPSA) is 92.8 Å². The summed E-state index contributed by atoms with van der Waals surface area (Å²) >= 11 is 0. The van der Waals surface area contributed by atoms with E-state index in [0.29, 0.717) is 10.2 Å². The molecule has 0 saturated carbocycles. The van der Waals surface area contributed by atoms with E-state index in [-0.39, 0.29) is 6.54 Å². The van der Waals surface area contributed by atoms with Crippen LogP contribution in [0.2, 0.25) is 0 Å². The molecule has 0 aromatic rings. The molecule has 0 aromatic heterocycles. The largest absolute Gasteiger partial charge is 0.233 e. The maximum atomic E-state index is 10.1. The first-order chi connectivity index (χ1) is 5.13. The molecule has 0 saturated heterocycles. The molecule has 0 bridgehead atoms. The first-order valence-corrected chi connectivity index (χ1v) is 2.65. The van der Waals surface area contributed by atoms with Crippen LogP contribution in [0, 0.1) is 20.2 Å². The van der Waals surface area contributed by atoms with Gasteiger partial charge >= 0.3 is 0 Å². The third kappa shape index (κ3) is 1.18. The second-order valence-electron chi connectivity index (χ2n) is 1.74. The van der Waals surface area contributed by atoms with Crippen LogP contribution in [0.25, 0.3) is 0 Å². The Labute approximate surface area is 60.5 Å². The molecule has 1 aliphatic heterocycles. The van der Waals surface area contributed by atoms with Gasteiger partial charge in [-0.2, -0.15) is 0 Å². The van der Waals surface area contributed by atoms with E-state index in [1.165, 1.54) is 6.08 Å². The van der Waals surface area contributed by atoms with Crippen LogP contribution in [-0.4, -0.2) is 26.8 Å². The summed E-state index contributed by atoms with van der Waals surface area (Å²) in [7, 11) is 0. The fraction of sp³-hybridized carbons (Fsp3) is 0.333. The van der Waals surface area contributed by atoms with Crippen LogP contribution >= 0.6 is 0 Å². The van der Waals surface area contributed by atoms with Gasteiger partial charge in [-0.3, -0.25) is 0 Å². The van der Waals surface area contributed by atoms with Gasteiger partial charge in [0, 0.05) is 5.12 Å². The van der Waals surface area contributed by atoms with Crippen molar-refractivity contribution in [3.05, 3.63) is 32.5 Å². The highest BCUT2D eigenvalue weighted by atomic mass is 16.7. The summed E-state index contributed by atoms with van der Waals surface area (Å²) in [4.78, 5) is 20.1. The van der Waals surface area contributed by atoms with Gasteiger partial charge < -0.3 is 0 Å². The molecule has 60 valence electrons. The number of rotatable bonds is 2. The Balaban J connectivity index is 2.71. The van der Waals surface area contributed by atoms with E-state index < -0.39 is 10.1 Å². The van der Waals surface area contributed by atoms with E-state index in [1.807, 2.05) is 0 Å². The first-order valence-electron chi connectivity index (χ1n) is 2.65. The number of hydrogen-bond acceptors (Lipinski definition) is 4. The molecule has 0 unspecified atom stereocenters. The van der Waals surface area contributed by atoms with Gasteiger partial charge in [0.1, 0.15) is 6.54 Å². The van der Waals surface area contributed by atoms with Crippen LogP contribution in [-0.2, 0) is 0 Å². The molecule has 0 N–H and O–H groups in total. The van der Waals surface area contributed by atoms with Gasteiger partial charge in [0.05, 0.1) is 11.3 Å². The average molecular weight is 160 g/mol. The maximum absolute atomic E-state index is 10.1. The highest BCUT2D eigenvalue weighted by Gasteiger charge is 2.33. The summed E-state index contributed by atoms with van der Waals surface area (Å²) < 4.78 is 0. The minimum atomic E-state index is -0.869. The second kappa shape index (κ2) is 2.40. The second-order valence-corrected chi connectivity index (χ2v) is 1.74. The molecule has 0 spiro atoms. The minimum absolute atomic E-state index is 0.0754. The fourth-order valence-corrected chi connectivity index (χ4v) is 0.677. The Hall–Kier alpha value is -1.86. The lowest BCUT2D eigenvalue weighted by Gasteiger charge is -2.09. The van der Waals surface area contributed by atoms with E-state index in [1.54, 1.807) is 0 Å². The zero-order valence-corrected chi connectivity index (χ0v) is 5.28. The van der Waals surface area contributed by atoms with Crippen molar-refractivity contribution in [2.24, 2.45) is 0 Å². The summed E-state index contributed by atoms with van der Waals surface area (Å²) in [6.45, 7) is -0.0754. The predicted molar refractivity (Wildman–Crippen MR) is 31.7 cm³/mol. The van der Waals surface area contributed by atoms with Crippen molar-refractivity contribution in [1.82, 2.24) is 10.2 Å². The van der Waals surface area contributed by atoms with Crippen molar-refractivity contribution >= 4 is 0 Å². The molecule has 1 rings (SSSR count). The maximum Gasteiger partial charge on any atom is 0.190 e. The molecular formula is C3H4N4O4. The van der Waals surface area contributed by atoms with Gasteiger partial charge in [0.2, 0.25) is 0 Å². The Morgan fingerprint density at radius 1 is 1.27 bits per heavy atom. The van der Waals surface area contributed by atoms with Crippen molar-refractivity contribution in [1.29, 1.82) is 0 Å². The Morgan fingerprint density at radius 3 is 2.27 bits per heavy atom. The highest BCUT2D eigenvalue weighted by molar-refractivity contribution is 4.84. The molecule has 8 heteroatoms. The molecule has 11 heavy (non-hydrogen) atoms. The zero-order chi connectivity index (χ0) is 8.43. The number of nitrogens with zero attached hydrogens (tertiary/aromatic N) is 4. The average Bonchev–Trinajstić information content (AvgIpc) is 2.32. The van der Waals surface area contributed by atoms with Gasteiger partial charge in [0.25, 0.3) is 0 Å². The van der Waals surface area contributed by atoms with E-state index in [0.717, 1.165) is 6.20 Å². The fourth-order valence-electron chi connectivity index (χ4n) is 0.677. The number of nitro groups is 2. The third-order valence-corrected chi connectivity index (χ3v) is 1.10. The van der Waals surface area contributed by atoms with Crippen molar-refractivity contribution < 1.29 is 10.1 Å². The summed E-state index contributed by atoms with van der Waals surface area (Å²) in [5, 5.41) is 19.1. The summed E-state index contributed by atoms with van der Waals surface area (Å²) in [5.41, 5.74) is 0. The van der Waals surface area contributed by atoms with Crippen molar-refractivity contribution in [2.45, 2.75) is 0 Å². The van der Waals surface area contributed by atoms with E-state index >= 15 is 0 Å². The molecular weight excluding hydrogens is 156 g/mol. The van der Waals surface area contributed by atoms with Gasteiger partial charge in [-0.15, -0.1) is 0 Å². The lowest BCUT2D eigenvalue weighted by atomic mass is 10.7. The molecule has 0 fully saturated rings. The summed E-state index contributed by atoms with van der Waals surface area (Å²) in [6, 6.07) is 0. The first kappa shape index (κ1) is 7.25. The van der Waals surface area contributed by atoms with Crippen LogP contribution in [0.5, 0.6) is 0 Å². The molecule has 0 radical (unpaired) electrons. The van der Waals surface area contributed by atoms with E-state index in [2.05, 4.69) is 0 Å². The van der Waals surface area contributed by atoms with Crippen LogP contribution in [0.4, 0.5) is 0 Å². The van der Waals surface area contributed by atoms with Gasteiger partial charge in [-0.1, -0.05) is 0 Å². The minimum Gasteiger partial charge on any atom is -0.233 e. The third-order valence-electron chi connectivity index (χ3n) is 1.10. The predicted octanol–water partition coefficient (Wildman–Crippen LogP) is -0.584. The molecule has 0 atom stereocenters. The molecule has 1 aliphatic rings. The Morgan fingerprint density at radius 2 is 1.91 bits per heavy atom. The zero-order valence-electron chi connectivity index (χ0n) is 5.28. The molecule has 0 amide bonds. The van der Waals surface area contributed by atoms with E-state index in [4.69, 9.17) is 0 Å². The van der Waals surface area contributed by atoms with Crippen LogP contribution in [0.1, 0.15) is 0 Å². The molecule has 8 nitrogen and oxygen atoms in total. The summed E-state index contributed by atoms with van der Waals surface area (Å²) in [6.07, 6.45) is 2.36. The van der Waals surface area contributed by atoms with Crippen LogP contribution < -0.4 is 0 Å². The monoisotopic (exact) mass is 160 g/mol. The highest BCUT2D eigenvalue weighted by Crippen LogP contribution is 2.06. The van der Waals surface area contributed by atoms with Gasteiger partial charge in [-0.05, 0) is 6.08 Å².